The number of nitrogen functional groups attached to an aromatic ring is 1. The van der Waals surface area contributed by atoms with Crippen LogP contribution >= 0.6 is 0 Å². The molecule has 0 saturated heterocycles. The molecule has 0 fully saturated rings. The van der Waals surface area contributed by atoms with Gasteiger partial charge in [-0.15, -0.1) is 0 Å². The van der Waals surface area contributed by atoms with Crippen LogP contribution in [0.2, 0.25) is 0 Å². The molecule has 0 unspecified atom stereocenters. The first-order valence-electron chi connectivity index (χ1n) is 6.06. The molecule has 5 nitrogen and oxygen atoms in total. The van der Waals surface area contributed by atoms with Gasteiger partial charge >= 0.3 is 0 Å². The van der Waals surface area contributed by atoms with E-state index in [9.17, 15) is 12.8 Å². The van der Waals surface area contributed by atoms with Crippen LogP contribution < -0.4 is 15.2 Å². The fourth-order valence-corrected chi connectivity index (χ4v) is 2.81. The van der Waals surface area contributed by atoms with Crippen LogP contribution in [0.1, 0.15) is 5.56 Å². The molecule has 0 atom stereocenters. The SMILES string of the molecule is COc1ccc(NS(=O)(=O)c2cc(N)c(C)c(F)c2)cc1. The van der Waals surface area contributed by atoms with Crippen molar-refractivity contribution in [3.63, 3.8) is 0 Å². The maximum absolute atomic E-state index is 13.6. The van der Waals surface area contributed by atoms with Gasteiger partial charge in [0.15, 0.2) is 0 Å². The minimum Gasteiger partial charge on any atom is -0.497 e. The average Bonchev–Trinajstić information content (AvgIpc) is 2.44. The molecule has 0 bridgehead atoms. The summed E-state index contributed by atoms with van der Waals surface area (Å²) in [4.78, 5) is -0.223. The molecule has 2 aromatic rings. The zero-order chi connectivity index (χ0) is 15.6. The maximum atomic E-state index is 13.6. The van der Waals surface area contributed by atoms with Gasteiger partial charge in [0.25, 0.3) is 10.0 Å². The summed E-state index contributed by atoms with van der Waals surface area (Å²) in [6.45, 7) is 1.48. The number of sulfonamides is 1. The van der Waals surface area contributed by atoms with Crippen molar-refractivity contribution >= 4 is 21.4 Å². The van der Waals surface area contributed by atoms with E-state index in [1.165, 1.54) is 20.1 Å². The van der Waals surface area contributed by atoms with Crippen molar-refractivity contribution in [2.24, 2.45) is 0 Å². The first-order valence-corrected chi connectivity index (χ1v) is 7.54. The first kappa shape index (κ1) is 15.1. The van der Waals surface area contributed by atoms with Gasteiger partial charge in [0.05, 0.1) is 12.0 Å². The second-order valence-corrected chi connectivity index (χ2v) is 6.14. The fourth-order valence-electron chi connectivity index (χ4n) is 1.70. The number of nitrogens with two attached hydrogens (primary N) is 1. The van der Waals surface area contributed by atoms with E-state index in [2.05, 4.69) is 4.72 Å². The molecule has 7 heteroatoms. The summed E-state index contributed by atoms with van der Waals surface area (Å²) in [5.74, 6) is -0.0614. The number of hydrogen-bond acceptors (Lipinski definition) is 4. The Morgan fingerprint density at radius 1 is 1.19 bits per heavy atom. The summed E-state index contributed by atoms with van der Waals surface area (Å²) >= 11 is 0. The van der Waals surface area contributed by atoms with E-state index in [4.69, 9.17) is 10.5 Å². The lowest BCUT2D eigenvalue weighted by Gasteiger charge is -2.11. The van der Waals surface area contributed by atoms with Crippen LogP contribution in [0.5, 0.6) is 5.75 Å². The monoisotopic (exact) mass is 310 g/mol. The topological polar surface area (TPSA) is 81.4 Å². The van der Waals surface area contributed by atoms with Crippen molar-refractivity contribution < 1.29 is 17.5 Å². The van der Waals surface area contributed by atoms with Crippen LogP contribution in [-0.2, 0) is 10.0 Å². The number of halogens is 1. The van der Waals surface area contributed by atoms with Crippen LogP contribution in [0.3, 0.4) is 0 Å². The van der Waals surface area contributed by atoms with Crippen molar-refractivity contribution in [3.05, 3.63) is 47.8 Å². The smallest absolute Gasteiger partial charge is 0.262 e. The molecule has 0 aliphatic heterocycles. The van der Waals surface area contributed by atoms with Gasteiger partial charge in [-0.05, 0) is 43.3 Å². The van der Waals surface area contributed by atoms with Gasteiger partial charge in [-0.3, -0.25) is 4.72 Å². The molecule has 0 aliphatic carbocycles. The van der Waals surface area contributed by atoms with E-state index in [-0.39, 0.29) is 16.1 Å². The Kier molecular flexibility index (Phi) is 4.04. The maximum Gasteiger partial charge on any atom is 0.262 e. The van der Waals surface area contributed by atoms with Crippen molar-refractivity contribution in [1.82, 2.24) is 0 Å². The Bertz CT molecular complexity index is 735. The number of benzene rings is 2. The molecule has 0 saturated carbocycles. The van der Waals surface area contributed by atoms with Crippen LogP contribution in [-0.4, -0.2) is 15.5 Å². The van der Waals surface area contributed by atoms with E-state index >= 15 is 0 Å². The lowest BCUT2D eigenvalue weighted by atomic mass is 10.2. The number of methoxy groups -OCH3 is 1. The van der Waals surface area contributed by atoms with Gasteiger partial charge in [-0.2, -0.15) is 0 Å². The van der Waals surface area contributed by atoms with Gasteiger partial charge < -0.3 is 10.5 Å². The Labute approximate surface area is 122 Å². The Hall–Kier alpha value is -2.28. The normalized spacial score (nSPS) is 11.2. The Balaban J connectivity index is 2.33. The van der Waals surface area contributed by atoms with Crippen molar-refractivity contribution in [1.29, 1.82) is 0 Å². The van der Waals surface area contributed by atoms with Crippen molar-refractivity contribution in [2.45, 2.75) is 11.8 Å². The number of nitrogens with one attached hydrogen (secondary N) is 1. The third-order valence-electron chi connectivity index (χ3n) is 3.01. The van der Waals surface area contributed by atoms with Gasteiger partial charge in [0.1, 0.15) is 11.6 Å². The summed E-state index contributed by atoms with van der Waals surface area (Å²) in [5.41, 5.74) is 6.25. The zero-order valence-electron chi connectivity index (χ0n) is 11.6. The molecular formula is C14H15FN2O3S. The molecular weight excluding hydrogens is 295 g/mol. The molecule has 0 aromatic heterocycles. The zero-order valence-corrected chi connectivity index (χ0v) is 12.4. The molecule has 112 valence electrons. The van der Waals surface area contributed by atoms with Crippen molar-refractivity contribution in [2.75, 3.05) is 17.6 Å². The highest BCUT2D eigenvalue weighted by Gasteiger charge is 2.17. The van der Waals surface area contributed by atoms with Crippen LogP contribution in [0.25, 0.3) is 0 Å². The lowest BCUT2D eigenvalue weighted by molar-refractivity contribution is 0.415. The van der Waals surface area contributed by atoms with E-state index in [1.807, 2.05) is 0 Å². The summed E-state index contributed by atoms with van der Waals surface area (Å²) in [6.07, 6.45) is 0. The molecule has 0 heterocycles. The molecule has 2 aromatic carbocycles. The van der Waals surface area contributed by atoms with Gasteiger partial charge in [-0.25, -0.2) is 12.8 Å². The second-order valence-electron chi connectivity index (χ2n) is 4.45. The highest BCUT2D eigenvalue weighted by Crippen LogP contribution is 2.23. The third-order valence-corrected chi connectivity index (χ3v) is 4.37. The average molecular weight is 310 g/mol. The van der Waals surface area contributed by atoms with Crippen LogP contribution in [0.15, 0.2) is 41.3 Å². The fraction of sp³-hybridized carbons (Fsp3) is 0.143. The summed E-state index contributed by atoms with van der Waals surface area (Å²) in [7, 11) is -2.39. The van der Waals surface area contributed by atoms with Crippen LogP contribution in [0.4, 0.5) is 15.8 Å². The molecule has 0 spiro atoms. The number of ether oxygens (including phenoxy) is 1. The van der Waals surface area contributed by atoms with Gasteiger partial charge in [0, 0.05) is 16.9 Å². The molecule has 0 aliphatic rings. The predicted octanol–water partition coefficient (Wildman–Crippen LogP) is 2.53. The third kappa shape index (κ3) is 3.25. The van der Waals surface area contributed by atoms with Gasteiger partial charge in [0.2, 0.25) is 0 Å². The quantitative estimate of drug-likeness (QED) is 0.850. The van der Waals surface area contributed by atoms with E-state index in [1.54, 1.807) is 24.3 Å². The summed E-state index contributed by atoms with van der Waals surface area (Å²) in [5, 5.41) is 0. The standard InChI is InChI=1S/C14H15FN2O3S/c1-9-13(15)7-12(8-14(9)16)21(18,19)17-10-3-5-11(20-2)6-4-10/h3-8,17H,16H2,1-2H3. The largest absolute Gasteiger partial charge is 0.497 e. The number of rotatable bonds is 4. The minimum absolute atomic E-state index is 0.0881. The predicted molar refractivity (Wildman–Crippen MR) is 79.4 cm³/mol. The molecule has 0 radical (unpaired) electrons. The molecule has 21 heavy (non-hydrogen) atoms. The van der Waals surface area contributed by atoms with E-state index in [0.717, 1.165) is 6.07 Å². The van der Waals surface area contributed by atoms with Crippen molar-refractivity contribution in [3.8, 4) is 5.75 Å². The summed E-state index contributed by atoms with van der Waals surface area (Å²) < 4.78 is 45.4. The summed E-state index contributed by atoms with van der Waals surface area (Å²) in [6, 6.07) is 8.49. The Morgan fingerprint density at radius 3 is 2.33 bits per heavy atom. The second kappa shape index (κ2) is 5.61. The van der Waals surface area contributed by atoms with E-state index < -0.39 is 15.8 Å². The first-order chi connectivity index (χ1) is 9.83. The highest BCUT2D eigenvalue weighted by atomic mass is 32.2. The van der Waals surface area contributed by atoms with Crippen LogP contribution in [0, 0.1) is 12.7 Å². The Morgan fingerprint density at radius 2 is 1.81 bits per heavy atom. The van der Waals surface area contributed by atoms with E-state index in [0.29, 0.717) is 11.4 Å². The highest BCUT2D eigenvalue weighted by molar-refractivity contribution is 7.92. The molecule has 3 N–H and O–H groups in total. The number of hydrogen-bond donors (Lipinski definition) is 2. The minimum atomic E-state index is -3.91. The molecule has 2 rings (SSSR count). The number of anilines is 2. The molecule has 0 amide bonds. The van der Waals surface area contributed by atoms with Gasteiger partial charge in [-0.1, -0.05) is 0 Å². The lowest BCUT2D eigenvalue weighted by Crippen LogP contribution is -2.14.